The van der Waals surface area contributed by atoms with Crippen LogP contribution in [0.2, 0.25) is 0 Å². The van der Waals surface area contributed by atoms with Crippen molar-refractivity contribution in [1.29, 1.82) is 0 Å². The van der Waals surface area contributed by atoms with Crippen LogP contribution in [0.4, 0.5) is 11.5 Å². The van der Waals surface area contributed by atoms with Crippen LogP contribution < -0.4 is 15.0 Å². The van der Waals surface area contributed by atoms with Gasteiger partial charge in [-0.1, -0.05) is 26.0 Å². The molecular formula is C34H46N8O5. The number of aromatic hydroxyl groups is 1. The van der Waals surface area contributed by atoms with E-state index in [9.17, 15) is 15.0 Å². The van der Waals surface area contributed by atoms with Gasteiger partial charge in [-0.2, -0.15) is 0 Å². The fraction of sp³-hybridized carbons (Fsp3) is 0.588. The van der Waals surface area contributed by atoms with Gasteiger partial charge < -0.3 is 34.6 Å². The number of ether oxygens (including phenoxy) is 1. The van der Waals surface area contributed by atoms with Crippen molar-refractivity contribution in [3.05, 3.63) is 42.2 Å². The summed E-state index contributed by atoms with van der Waals surface area (Å²) in [6.07, 6.45) is 1.24. The van der Waals surface area contributed by atoms with Crippen molar-refractivity contribution < 1.29 is 24.3 Å². The molecule has 0 radical (unpaired) electrons. The number of phenolic OH excluding ortho intramolecular Hbond substituents is 1. The van der Waals surface area contributed by atoms with Gasteiger partial charge >= 0.3 is 0 Å². The predicted octanol–water partition coefficient (Wildman–Crippen LogP) is 2.63. The van der Waals surface area contributed by atoms with Crippen molar-refractivity contribution in [1.82, 2.24) is 30.1 Å². The summed E-state index contributed by atoms with van der Waals surface area (Å²) in [6, 6.07) is 11.9. The second-order valence-corrected chi connectivity index (χ2v) is 13.8. The topological polar surface area (TPSA) is 144 Å². The lowest BCUT2D eigenvalue weighted by Crippen LogP contribution is -2.60. The summed E-state index contributed by atoms with van der Waals surface area (Å²) in [5.41, 5.74) is 2.41. The SMILES string of the molecule is CC(C)[C@@H](C(=O)N1C[C@H](O)C[C@H]1C)c1cc(OCCN2CCC(N3CCN4c5cc(-c6ccccc6O)nnc5NC[C@H]4C3)C2)no1. The molecule has 3 fully saturated rings. The number of carbonyl (C=O) groups is 1. The second kappa shape index (κ2) is 13.3. The fourth-order valence-corrected chi connectivity index (χ4v) is 7.77. The molecule has 0 saturated carbocycles. The molecule has 1 aromatic carbocycles. The maximum atomic E-state index is 13.4. The van der Waals surface area contributed by atoms with E-state index < -0.39 is 12.0 Å². The Kier molecular flexibility index (Phi) is 8.95. The van der Waals surface area contributed by atoms with Crippen molar-refractivity contribution in [2.45, 2.75) is 63.8 Å². The predicted molar refractivity (Wildman–Crippen MR) is 177 cm³/mol. The minimum Gasteiger partial charge on any atom is -0.507 e. The first kappa shape index (κ1) is 31.6. The number of fused-ring (bicyclic) bond motifs is 3. The molecule has 0 bridgehead atoms. The Bertz CT molecular complexity index is 1570. The molecular weight excluding hydrogens is 600 g/mol. The molecule has 13 heteroatoms. The molecule has 3 N–H and O–H groups in total. The molecule has 2 aromatic heterocycles. The second-order valence-electron chi connectivity index (χ2n) is 13.8. The number of likely N-dealkylation sites (tertiary alicyclic amines) is 2. The van der Waals surface area contributed by atoms with Gasteiger partial charge in [0.15, 0.2) is 11.6 Å². The van der Waals surface area contributed by atoms with Crippen LogP contribution in [-0.4, -0.2) is 129 Å². The van der Waals surface area contributed by atoms with Gasteiger partial charge in [-0.15, -0.1) is 10.2 Å². The summed E-state index contributed by atoms with van der Waals surface area (Å²) in [6.45, 7) is 13.3. The monoisotopic (exact) mass is 646 g/mol. The van der Waals surface area contributed by atoms with Crippen LogP contribution in [0.15, 0.2) is 40.9 Å². The summed E-state index contributed by atoms with van der Waals surface area (Å²) in [4.78, 5) is 22.6. The number of nitrogens with zero attached hydrogens (tertiary/aromatic N) is 7. The molecule has 3 saturated heterocycles. The molecule has 1 amide bonds. The number of phenols is 1. The number of amides is 1. The number of carbonyl (C=O) groups excluding carboxylic acids is 1. The van der Waals surface area contributed by atoms with Gasteiger partial charge in [-0.05, 0) is 55.6 Å². The van der Waals surface area contributed by atoms with Gasteiger partial charge in [0.25, 0.3) is 5.88 Å². The number of para-hydroxylation sites is 1. The van der Waals surface area contributed by atoms with Crippen molar-refractivity contribution >= 4 is 17.4 Å². The number of nitrogens with one attached hydrogen (secondary N) is 1. The quantitative estimate of drug-likeness (QED) is 0.315. The zero-order valence-electron chi connectivity index (χ0n) is 27.5. The maximum Gasteiger partial charge on any atom is 0.254 e. The third kappa shape index (κ3) is 6.48. The molecule has 0 aliphatic carbocycles. The van der Waals surface area contributed by atoms with Gasteiger partial charge in [0.05, 0.1) is 23.5 Å². The van der Waals surface area contributed by atoms with Gasteiger partial charge in [-0.3, -0.25) is 14.6 Å². The number of β-amino-alcohol motifs (C(OH)–C–C–N with tert-alkyl or cyclic N) is 1. The number of hydrogen-bond donors (Lipinski definition) is 3. The lowest BCUT2D eigenvalue weighted by atomic mass is 9.91. The first-order valence-electron chi connectivity index (χ1n) is 17.0. The van der Waals surface area contributed by atoms with Crippen LogP contribution in [0, 0.1) is 5.92 Å². The van der Waals surface area contributed by atoms with Gasteiger partial charge in [0, 0.05) is 69.5 Å². The lowest BCUT2D eigenvalue weighted by molar-refractivity contribution is -0.135. The highest BCUT2D eigenvalue weighted by molar-refractivity contribution is 5.84. The average Bonchev–Trinajstić information content (AvgIpc) is 3.81. The Balaban J connectivity index is 0.902. The summed E-state index contributed by atoms with van der Waals surface area (Å²) in [5, 5.41) is 36.8. The molecule has 47 heavy (non-hydrogen) atoms. The zero-order valence-corrected chi connectivity index (χ0v) is 27.5. The van der Waals surface area contributed by atoms with E-state index in [0.717, 1.165) is 63.7 Å². The van der Waals surface area contributed by atoms with Crippen molar-refractivity contribution in [3.8, 4) is 22.9 Å². The zero-order chi connectivity index (χ0) is 32.7. The number of benzene rings is 1. The number of aromatic nitrogens is 3. The largest absolute Gasteiger partial charge is 0.507 e. The van der Waals surface area contributed by atoms with E-state index in [0.29, 0.717) is 54.6 Å². The Hall–Kier alpha value is -3.94. The van der Waals surface area contributed by atoms with Crippen LogP contribution in [0.3, 0.4) is 0 Å². The van der Waals surface area contributed by atoms with E-state index in [1.807, 2.05) is 45.0 Å². The van der Waals surface area contributed by atoms with E-state index in [2.05, 4.69) is 35.4 Å². The highest BCUT2D eigenvalue weighted by atomic mass is 16.5. The third-order valence-electron chi connectivity index (χ3n) is 10.3. The van der Waals surface area contributed by atoms with Gasteiger partial charge in [-0.25, -0.2) is 0 Å². The van der Waals surface area contributed by atoms with E-state index in [1.165, 1.54) is 0 Å². The molecule has 252 valence electrons. The average molecular weight is 647 g/mol. The minimum absolute atomic E-state index is 0.000747. The van der Waals surface area contributed by atoms with Crippen LogP contribution in [-0.2, 0) is 4.79 Å². The normalized spacial score (nSPS) is 25.5. The van der Waals surface area contributed by atoms with Crippen molar-refractivity contribution in [2.24, 2.45) is 5.92 Å². The highest BCUT2D eigenvalue weighted by Crippen LogP contribution is 2.37. The van der Waals surface area contributed by atoms with Crippen LogP contribution in [0.5, 0.6) is 11.6 Å². The van der Waals surface area contributed by atoms with E-state index >= 15 is 0 Å². The Morgan fingerprint density at radius 3 is 2.74 bits per heavy atom. The minimum atomic E-state index is -0.479. The van der Waals surface area contributed by atoms with E-state index in [4.69, 9.17) is 9.26 Å². The standard InChI is InChI=1S/C34H46N8O5/c1-21(2)32(34(45)42-20-25(43)14-22(42)3)30-16-31(38-47-30)46-13-12-39-9-8-23(18-39)40-10-11-41-24(19-40)17-35-33-28(41)15-27(36-37-33)26-6-4-5-7-29(26)44/h4-7,15-16,21-25,32,43-44H,8-14,17-20H2,1-3H3,(H,35,37)/t22-,23?,24+,25-,32-/m1/s1. The number of piperazine rings is 1. The third-order valence-corrected chi connectivity index (χ3v) is 10.3. The van der Waals surface area contributed by atoms with E-state index in [1.54, 1.807) is 17.0 Å². The van der Waals surface area contributed by atoms with Crippen molar-refractivity contribution in [2.75, 3.05) is 69.2 Å². The highest BCUT2D eigenvalue weighted by Gasteiger charge is 2.39. The Morgan fingerprint density at radius 2 is 1.96 bits per heavy atom. The summed E-state index contributed by atoms with van der Waals surface area (Å²) in [7, 11) is 0. The number of aliphatic hydroxyl groups excluding tert-OH is 1. The smallest absolute Gasteiger partial charge is 0.254 e. The van der Waals surface area contributed by atoms with Gasteiger partial charge in [0.2, 0.25) is 5.91 Å². The fourth-order valence-electron chi connectivity index (χ4n) is 7.77. The number of aliphatic hydroxyl groups is 1. The molecule has 6 heterocycles. The van der Waals surface area contributed by atoms with Crippen LogP contribution in [0.1, 0.15) is 45.3 Å². The molecule has 4 aliphatic rings. The summed E-state index contributed by atoms with van der Waals surface area (Å²) >= 11 is 0. The molecule has 3 aromatic rings. The summed E-state index contributed by atoms with van der Waals surface area (Å²) in [5.74, 6) is 1.44. The number of hydrogen-bond acceptors (Lipinski definition) is 12. The number of anilines is 2. The maximum absolute atomic E-state index is 13.4. The van der Waals surface area contributed by atoms with Crippen LogP contribution >= 0.6 is 0 Å². The summed E-state index contributed by atoms with van der Waals surface area (Å²) < 4.78 is 11.6. The van der Waals surface area contributed by atoms with Crippen LogP contribution in [0.25, 0.3) is 11.3 Å². The van der Waals surface area contributed by atoms with E-state index in [-0.39, 0.29) is 23.6 Å². The first-order chi connectivity index (χ1) is 22.7. The lowest BCUT2D eigenvalue weighted by Gasteiger charge is -2.47. The van der Waals surface area contributed by atoms with Gasteiger partial charge in [0.1, 0.15) is 18.3 Å². The van der Waals surface area contributed by atoms with Crippen molar-refractivity contribution in [3.63, 3.8) is 0 Å². The molecule has 4 aliphatic heterocycles. The molecule has 13 nitrogen and oxygen atoms in total. The Morgan fingerprint density at radius 1 is 1.11 bits per heavy atom. The molecule has 7 rings (SSSR count). The number of rotatable bonds is 9. The first-order valence-corrected chi connectivity index (χ1v) is 17.0. The Labute approximate surface area is 275 Å². The molecule has 1 unspecified atom stereocenters. The molecule has 0 spiro atoms. The molecule has 5 atom stereocenters.